The highest BCUT2D eigenvalue weighted by Gasteiger charge is 2.34. The lowest BCUT2D eigenvalue weighted by atomic mass is 10.2. The topological polar surface area (TPSA) is 113 Å². The van der Waals surface area contributed by atoms with Gasteiger partial charge in [0.1, 0.15) is 24.5 Å². The zero-order valence-corrected chi connectivity index (χ0v) is 23.2. The van der Waals surface area contributed by atoms with Gasteiger partial charge < -0.3 is 34.3 Å². The second-order valence-corrected chi connectivity index (χ2v) is 8.93. The van der Waals surface area contributed by atoms with Gasteiger partial charge in [-0.2, -0.15) is 13.2 Å². The van der Waals surface area contributed by atoms with Crippen LogP contribution in [0.3, 0.4) is 0 Å². The molecule has 0 spiro atoms. The van der Waals surface area contributed by atoms with E-state index in [0.29, 0.717) is 72.2 Å². The molecule has 14 heteroatoms. The molecule has 0 aliphatic rings. The van der Waals surface area contributed by atoms with Crippen molar-refractivity contribution in [3.63, 3.8) is 0 Å². The lowest BCUT2D eigenvalue weighted by molar-refractivity contribution is -0.139. The van der Waals surface area contributed by atoms with Gasteiger partial charge in [-0.15, -0.1) is 0 Å². The van der Waals surface area contributed by atoms with Crippen LogP contribution in [0.1, 0.15) is 12.0 Å². The number of nitrogens with one attached hydrogen (secondary N) is 2. The minimum atomic E-state index is -4.90. The molecule has 0 atom stereocenters. The fourth-order valence-corrected chi connectivity index (χ4v) is 3.80. The Labute approximate surface area is 243 Å². The van der Waals surface area contributed by atoms with Gasteiger partial charge in [-0.1, -0.05) is 0 Å². The molecule has 2 amide bonds. The van der Waals surface area contributed by atoms with Crippen LogP contribution in [0.15, 0.2) is 60.9 Å². The lowest BCUT2D eigenvalue weighted by Gasteiger charge is -2.15. The van der Waals surface area contributed by atoms with E-state index >= 15 is 0 Å². The Morgan fingerprint density at radius 2 is 1.49 bits per heavy atom. The molecule has 1 aromatic heterocycles. The summed E-state index contributed by atoms with van der Waals surface area (Å²) >= 11 is 0. The first-order valence-corrected chi connectivity index (χ1v) is 12.9. The van der Waals surface area contributed by atoms with E-state index in [0.717, 1.165) is 6.07 Å². The Morgan fingerprint density at radius 3 is 2.21 bits per heavy atom. The van der Waals surface area contributed by atoms with E-state index < -0.39 is 23.6 Å². The van der Waals surface area contributed by atoms with Crippen molar-refractivity contribution >= 4 is 28.3 Å². The highest BCUT2D eigenvalue weighted by atomic mass is 19.4. The maximum Gasteiger partial charge on any atom is 0.419 e. The number of carbonyl (C=O) groups excluding carboxylic acids is 1. The van der Waals surface area contributed by atoms with Crippen molar-refractivity contribution in [2.45, 2.75) is 12.6 Å². The number of halogens is 4. The van der Waals surface area contributed by atoms with Crippen molar-refractivity contribution < 1.29 is 46.0 Å². The molecule has 10 nitrogen and oxygen atoms in total. The first-order chi connectivity index (χ1) is 20.7. The number of hydrogen-bond acceptors (Lipinski definition) is 8. The summed E-state index contributed by atoms with van der Waals surface area (Å²) in [5.74, 6) is 0.125. The van der Waals surface area contributed by atoms with E-state index in [1.807, 2.05) is 0 Å². The monoisotopic (exact) mass is 604 g/mol. The minimum absolute atomic E-state index is 0.226. The maximum atomic E-state index is 13.5. The Morgan fingerprint density at radius 1 is 0.814 bits per heavy atom. The zero-order valence-electron chi connectivity index (χ0n) is 23.2. The highest BCUT2D eigenvalue weighted by molar-refractivity contribution is 5.99. The van der Waals surface area contributed by atoms with Crippen molar-refractivity contribution in [1.29, 1.82) is 0 Å². The number of urea groups is 1. The number of ether oxygens (including phenoxy) is 5. The molecule has 2 N–H and O–H groups in total. The van der Waals surface area contributed by atoms with Gasteiger partial charge >= 0.3 is 12.2 Å². The fourth-order valence-electron chi connectivity index (χ4n) is 3.80. The molecule has 0 fully saturated rings. The number of nitrogens with zero attached hydrogens (tertiary/aromatic N) is 2. The predicted molar refractivity (Wildman–Crippen MR) is 149 cm³/mol. The molecular weight excluding hydrogens is 576 g/mol. The zero-order chi connectivity index (χ0) is 30.8. The van der Waals surface area contributed by atoms with Crippen LogP contribution in [0.4, 0.5) is 33.7 Å². The third-order valence-corrected chi connectivity index (χ3v) is 5.82. The van der Waals surface area contributed by atoms with E-state index in [1.165, 1.54) is 18.5 Å². The third-order valence-electron chi connectivity index (χ3n) is 5.82. The van der Waals surface area contributed by atoms with Gasteiger partial charge in [0.05, 0.1) is 29.7 Å². The van der Waals surface area contributed by atoms with E-state index in [2.05, 4.69) is 20.6 Å². The summed E-state index contributed by atoms with van der Waals surface area (Å²) in [4.78, 5) is 20.9. The van der Waals surface area contributed by atoms with Gasteiger partial charge in [0.2, 0.25) is 5.88 Å². The maximum absolute atomic E-state index is 13.5. The van der Waals surface area contributed by atoms with Crippen LogP contribution in [0.25, 0.3) is 10.9 Å². The standard InChI is InChI=1S/C29H28F4N4O6/c1-39-10-3-11-41-26-16-24-21(15-25(26)42-13-12-40-2)27(35-17-34-24)43-20-7-4-18(5-8-20)36-28(38)37-19-6-9-23(30)22(14-19)29(31,32)33/h4-9,14-17H,3,10-13H2,1-2H3,(H2,36,37,38). The van der Waals surface area contributed by atoms with Crippen LogP contribution in [0.2, 0.25) is 0 Å². The quantitative estimate of drug-likeness (QED) is 0.129. The molecule has 0 bridgehead atoms. The number of amides is 2. The van der Waals surface area contributed by atoms with Crippen molar-refractivity contribution in [3.8, 4) is 23.1 Å². The van der Waals surface area contributed by atoms with E-state index in [-0.39, 0.29) is 18.2 Å². The van der Waals surface area contributed by atoms with Crippen LogP contribution in [0.5, 0.6) is 23.1 Å². The number of fused-ring (bicyclic) bond motifs is 1. The molecule has 0 saturated heterocycles. The van der Waals surface area contributed by atoms with Crippen molar-refractivity contribution in [2.75, 3.05) is 51.3 Å². The number of hydrogen-bond donors (Lipinski definition) is 2. The van der Waals surface area contributed by atoms with Crippen molar-refractivity contribution in [2.24, 2.45) is 0 Å². The molecule has 43 heavy (non-hydrogen) atoms. The SMILES string of the molecule is COCCCOc1cc2ncnc(Oc3ccc(NC(=O)Nc4ccc(F)c(C(F)(F)F)c4)cc3)c2cc1OCCOC. The predicted octanol–water partition coefficient (Wildman–Crippen LogP) is 6.66. The summed E-state index contributed by atoms with van der Waals surface area (Å²) in [5, 5.41) is 5.30. The molecule has 1 heterocycles. The molecule has 0 unspecified atom stereocenters. The second-order valence-electron chi connectivity index (χ2n) is 8.93. The van der Waals surface area contributed by atoms with E-state index in [9.17, 15) is 22.4 Å². The van der Waals surface area contributed by atoms with Gasteiger partial charge in [0.15, 0.2) is 11.5 Å². The number of benzene rings is 3. The summed E-state index contributed by atoms with van der Waals surface area (Å²) in [6.07, 6.45) is -2.87. The second kappa shape index (κ2) is 14.5. The number of carbonyl (C=O) groups is 1. The Kier molecular flexibility index (Phi) is 10.5. The summed E-state index contributed by atoms with van der Waals surface area (Å²) in [6.45, 7) is 1.61. The summed E-state index contributed by atoms with van der Waals surface area (Å²) in [6, 6.07) is 11.0. The summed E-state index contributed by atoms with van der Waals surface area (Å²) in [7, 11) is 3.18. The average Bonchev–Trinajstić information content (AvgIpc) is 2.97. The highest BCUT2D eigenvalue weighted by Crippen LogP contribution is 2.37. The van der Waals surface area contributed by atoms with Gasteiger partial charge in [-0.05, 0) is 48.5 Å². The molecule has 0 radical (unpaired) electrons. The van der Waals surface area contributed by atoms with Crippen molar-refractivity contribution in [3.05, 3.63) is 72.3 Å². The fraction of sp³-hybridized carbons (Fsp3) is 0.276. The molecule has 0 saturated carbocycles. The molecule has 3 aromatic carbocycles. The van der Waals surface area contributed by atoms with Crippen LogP contribution in [0, 0.1) is 5.82 Å². The number of rotatable bonds is 13. The van der Waals surface area contributed by atoms with Gasteiger partial charge in [-0.3, -0.25) is 0 Å². The molecule has 0 aliphatic carbocycles. The first kappa shape index (κ1) is 31.3. The molecule has 228 valence electrons. The van der Waals surface area contributed by atoms with Crippen LogP contribution < -0.4 is 24.8 Å². The average molecular weight is 605 g/mol. The lowest BCUT2D eigenvalue weighted by Crippen LogP contribution is -2.20. The molecule has 0 aliphatic heterocycles. The number of aromatic nitrogens is 2. The number of methoxy groups -OCH3 is 2. The van der Waals surface area contributed by atoms with E-state index in [1.54, 1.807) is 38.5 Å². The normalized spacial score (nSPS) is 11.3. The first-order valence-electron chi connectivity index (χ1n) is 12.9. The van der Waals surface area contributed by atoms with Crippen LogP contribution in [-0.2, 0) is 15.7 Å². The van der Waals surface area contributed by atoms with E-state index in [4.69, 9.17) is 23.7 Å². The Hall–Kier alpha value is -4.69. The number of alkyl halides is 3. The van der Waals surface area contributed by atoms with Gasteiger partial charge in [-0.25, -0.2) is 19.2 Å². The molecule has 4 aromatic rings. The molecular formula is C29H28F4N4O6. The van der Waals surface area contributed by atoms with Gasteiger partial charge in [0, 0.05) is 44.7 Å². The minimum Gasteiger partial charge on any atom is -0.490 e. The number of anilines is 2. The Bertz CT molecular complexity index is 1540. The summed E-state index contributed by atoms with van der Waals surface area (Å²) < 4.78 is 80.2. The summed E-state index contributed by atoms with van der Waals surface area (Å²) in [5.41, 5.74) is -0.839. The van der Waals surface area contributed by atoms with Crippen molar-refractivity contribution in [1.82, 2.24) is 9.97 Å². The van der Waals surface area contributed by atoms with Crippen LogP contribution in [-0.4, -0.2) is 56.6 Å². The third kappa shape index (κ3) is 8.66. The molecule has 4 rings (SSSR count). The Balaban J connectivity index is 1.46. The largest absolute Gasteiger partial charge is 0.490 e. The smallest absolute Gasteiger partial charge is 0.419 e. The van der Waals surface area contributed by atoms with Gasteiger partial charge in [0.25, 0.3) is 0 Å². The van der Waals surface area contributed by atoms with Crippen LogP contribution >= 0.6 is 0 Å².